The Balaban J connectivity index is 1.62. The minimum Gasteiger partial charge on any atom is -0.364 e. The SMILES string of the molecule is Cc1cc(Cc2nc(=O)o[nH]2)ccc1-c1ccc(-c2nc(C(N)=O)c(C)nc2C)cc1. The number of amides is 1. The third-order valence-electron chi connectivity index (χ3n) is 5.09. The van der Waals surface area contributed by atoms with Crippen LogP contribution in [-0.2, 0) is 6.42 Å². The number of hydrogen-bond acceptors (Lipinski definition) is 6. The quantitative estimate of drug-likeness (QED) is 0.515. The Morgan fingerprint density at radius 3 is 2.29 bits per heavy atom. The molecule has 2 heterocycles. The van der Waals surface area contributed by atoms with Crippen LogP contribution in [0.2, 0.25) is 0 Å². The van der Waals surface area contributed by atoms with Gasteiger partial charge in [0.25, 0.3) is 5.91 Å². The zero-order valence-electron chi connectivity index (χ0n) is 17.4. The smallest absolute Gasteiger partial charge is 0.364 e. The average Bonchev–Trinajstić information content (AvgIpc) is 3.13. The Morgan fingerprint density at radius 1 is 0.968 bits per heavy atom. The second kappa shape index (κ2) is 7.98. The van der Waals surface area contributed by atoms with E-state index < -0.39 is 11.7 Å². The predicted molar refractivity (Wildman–Crippen MR) is 116 cm³/mol. The Bertz CT molecular complexity index is 1340. The first-order chi connectivity index (χ1) is 14.8. The summed E-state index contributed by atoms with van der Waals surface area (Å²) in [6.07, 6.45) is 0.485. The standard InChI is InChI=1S/C23H21N5O3/c1-12-10-15(11-19-26-23(30)31-28-19)4-9-18(12)16-5-7-17(8-6-16)20-13(2)25-14(3)21(27-20)22(24)29/h4-10H,11H2,1-3H3,(H2,24,29)(H,26,28,30). The molecule has 8 nitrogen and oxygen atoms in total. The Labute approximate surface area is 178 Å². The van der Waals surface area contributed by atoms with Crippen molar-refractivity contribution in [1.82, 2.24) is 20.1 Å². The zero-order chi connectivity index (χ0) is 22.1. The molecule has 0 spiro atoms. The van der Waals surface area contributed by atoms with Gasteiger partial charge in [-0.15, -0.1) is 0 Å². The van der Waals surface area contributed by atoms with Gasteiger partial charge in [0.15, 0.2) is 0 Å². The summed E-state index contributed by atoms with van der Waals surface area (Å²) in [6.45, 7) is 5.62. The maximum absolute atomic E-state index is 11.6. The van der Waals surface area contributed by atoms with Crippen LogP contribution in [0.1, 0.15) is 38.8 Å². The molecule has 0 saturated heterocycles. The topological polar surface area (TPSA) is 128 Å². The summed E-state index contributed by atoms with van der Waals surface area (Å²) in [6, 6.07) is 14.0. The van der Waals surface area contributed by atoms with Crippen LogP contribution >= 0.6 is 0 Å². The van der Waals surface area contributed by atoms with Crippen molar-refractivity contribution in [2.24, 2.45) is 5.73 Å². The number of nitrogens with one attached hydrogen (secondary N) is 1. The number of carbonyl (C=O) groups is 1. The van der Waals surface area contributed by atoms with Gasteiger partial charge in [0.1, 0.15) is 11.5 Å². The van der Waals surface area contributed by atoms with E-state index in [2.05, 4.69) is 30.7 Å². The highest BCUT2D eigenvalue weighted by Gasteiger charge is 2.14. The lowest BCUT2D eigenvalue weighted by Crippen LogP contribution is -2.17. The molecule has 0 aliphatic rings. The van der Waals surface area contributed by atoms with E-state index in [0.717, 1.165) is 33.5 Å². The van der Waals surface area contributed by atoms with Crippen molar-refractivity contribution >= 4 is 5.91 Å². The highest BCUT2D eigenvalue weighted by molar-refractivity contribution is 5.92. The van der Waals surface area contributed by atoms with E-state index >= 15 is 0 Å². The lowest BCUT2D eigenvalue weighted by atomic mass is 9.96. The first-order valence-corrected chi connectivity index (χ1v) is 9.71. The fourth-order valence-electron chi connectivity index (χ4n) is 3.63. The number of aryl methyl sites for hydroxylation is 3. The molecule has 2 aromatic heterocycles. The number of aromatic amines is 1. The molecule has 0 atom stereocenters. The fourth-order valence-corrected chi connectivity index (χ4v) is 3.63. The highest BCUT2D eigenvalue weighted by Crippen LogP contribution is 2.28. The average molecular weight is 415 g/mol. The molecule has 3 N–H and O–H groups in total. The van der Waals surface area contributed by atoms with Gasteiger partial charge < -0.3 is 10.3 Å². The van der Waals surface area contributed by atoms with E-state index in [1.54, 1.807) is 6.92 Å². The number of hydrogen-bond donors (Lipinski definition) is 2. The van der Waals surface area contributed by atoms with Gasteiger partial charge in [-0.2, -0.15) is 4.98 Å². The minimum absolute atomic E-state index is 0.185. The van der Waals surface area contributed by atoms with E-state index in [1.807, 2.05) is 50.2 Å². The highest BCUT2D eigenvalue weighted by atomic mass is 16.5. The van der Waals surface area contributed by atoms with Crippen LogP contribution in [-0.4, -0.2) is 26.0 Å². The van der Waals surface area contributed by atoms with E-state index in [9.17, 15) is 9.59 Å². The molecule has 156 valence electrons. The number of rotatable bonds is 5. The van der Waals surface area contributed by atoms with Crippen LogP contribution < -0.4 is 11.5 Å². The summed E-state index contributed by atoms with van der Waals surface area (Å²) >= 11 is 0. The summed E-state index contributed by atoms with van der Waals surface area (Å²) in [7, 11) is 0. The molecule has 0 bridgehead atoms. The van der Waals surface area contributed by atoms with Crippen LogP contribution in [0.4, 0.5) is 0 Å². The molecule has 2 aromatic carbocycles. The van der Waals surface area contributed by atoms with Crippen molar-refractivity contribution in [3.8, 4) is 22.4 Å². The second-order valence-electron chi connectivity index (χ2n) is 7.39. The maximum atomic E-state index is 11.6. The van der Waals surface area contributed by atoms with E-state index in [4.69, 9.17) is 5.73 Å². The molecule has 0 fully saturated rings. The Morgan fingerprint density at radius 2 is 1.68 bits per heavy atom. The largest absolute Gasteiger partial charge is 0.459 e. The molecular weight excluding hydrogens is 394 g/mol. The third-order valence-corrected chi connectivity index (χ3v) is 5.09. The van der Waals surface area contributed by atoms with Gasteiger partial charge in [0.2, 0.25) is 0 Å². The van der Waals surface area contributed by atoms with Gasteiger partial charge in [-0.25, -0.2) is 14.9 Å². The predicted octanol–water partition coefficient (Wildman–Crippen LogP) is 3.10. The Hall–Kier alpha value is -4.07. The summed E-state index contributed by atoms with van der Waals surface area (Å²) in [5.41, 5.74) is 12.6. The number of aromatic nitrogens is 4. The van der Waals surface area contributed by atoms with Crippen molar-refractivity contribution in [3.05, 3.63) is 87.0 Å². The Kier molecular flexibility index (Phi) is 5.21. The zero-order valence-corrected chi connectivity index (χ0v) is 17.4. The van der Waals surface area contributed by atoms with Crippen molar-refractivity contribution < 1.29 is 9.32 Å². The van der Waals surface area contributed by atoms with Gasteiger partial charge in [-0.3, -0.25) is 9.78 Å². The van der Waals surface area contributed by atoms with Gasteiger partial charge in [-0.1, -0.05) is 42.5 Å². The first kappa shape index (κ1) is 20.2. The molecule has 8 heteroatoms. The molecule has 0 unspecified atom stereocenters. The van der Waals surface area contributed by atoms with Crippen LogP contribution in [0.3, 0.4) is 0 Å². The molecule has 31 heavy (non-hydrogen) atoms. The van der Waals surface area contributed by atoms with Gasteiger partial charge >= 0.3 is 5.76 Å². The molecule has 0 saturated carbocycles. The van der Waals surface area contributed by atoms with Crippen molar-refractivity contribution in [3.63, 3.8) is 0 Å². The number of nitrogens with two attached hydrogens (primary N) is 1. The lowest BCUT2D eigenvalue weighted by Gasteiger charge is -2.11. The fraction of sp³-hybridized carbons (Fsp3) is 0.174. The normalized spacial score (nSPS) is 10.9. The van der Waals surface area contributed by atoms with Crippen molar-refractivity contribution in [2.45, 2.75) is 27.2 Å². The van der Waals surface area contributed by atoms with Crippen molar-refractivity contribution in [1.29, 1.82) is 0 Å². The van der Waals surface area contributed by atoms with E-state index in [-0.39, 0.29) is 5.69 Å². The number of H-pyrrole nitrogens is 1. The number of carbonyl (C=O) groups excluding carboxylic acids is 1. The first-order valence-electron chi connectivity index (χ1n) is 9.71. The maximum Gasteiger partial charge on any atom is 0.459 e. The number of nitrogens with zero attached hydrogens (tertiary/aromatic N) is 3. The second-order valence-corrected chi connectivity index (χ2v) is 7.39. The number of benzene rings is 2. The van der Waals surface area contributed by atoms with Crippen LogP contribution in [0.15, 0.2) is 51.8 Å². The molecule has 4 aromatic rings. The number of primary amides is 1. The molecule has 4 rings (SSSR count). The van der Waals surface area contributed by atoms with Crippen LogP contribution in [0, 0.1) is 20.8 Å². The minimum atomic E-state index is -0.625. The summed E-state index contributed by atoms with van der Waals surface area (Å²) in [5, 5.41) is 2.52. The third kappa shape index (κ3) is 4.13. The molecule has 0 aliphatic heterocycles. The van der Waals surface area contributed by atoms with Crippen molar-refractivity contribution in [2.75, 3.05) is 0 Å². The summed E-state index contributed by atoms with van der Waals surface area (Å²) in [4.78, 5) is 35.3. The van der Waals surface area contributed by atoms with Gasteiger partial charge in [0, 0.05) is 12.0 Å². The summed E-state index contributed by atoms with van der Waals surface area (Å²) < 4.78 is 4.62. The molecular formula is C23H21N5O3. The van der Waals surface area contributed by atoms with Crippen LogP contribution in [0.5, 0.6) is 0 Å². The molecule has 0 radical (unpaired) electrons. The molecule has 1 amide bonds. The van der Waals surface area contributed by atoms with Gasteiger partial charge in [-0.05, 0) is 43.0 Å². The van der Waals surface area contributed by atoms with E-state index in [0.29, 0.717) is 23.6 Å². The van der Waals surface area contributed by atoms with E-state index in [1.165, 1.54) is 0 Å². The van der Waals surface area contributed by atoms with Crippen LogP contribution in [0.25, 0.3) is 22.4 Å². The lowest BCUT2D eigenvalue weighted by molar-refractivity contribution is 0.0994. The van der Waals surface area contributed by atoms with Gasteiger partial charge in [0.05, 0.1) is 17.1 Å². The monoisotopic (exact) mass is 415 g/mol. The summed E-state index contributed by atoms with van der Waals surface area (Å²) in [5.74, 6) is -0.723. The molecule has 0 aliphatic carbocycles.